The van der Waals surface area contributed by atoms with Crippen LogP contribution in [0.1, 0.15) is 41.8 Å². The van der Waals surface area contributed by atoms with Crippen molar-refractivity contribution >= 4 is 22.8 Å². The van der Waals surface area contributed by atoms with Gasteiger partial charge < -0.3 is 19.6 Å². The van der Waals surface area contributed by atoms with Gasteiger partial charge in [-0.05, 0) is 56.0 Å². The standard InChI is InChI=1S/C24H25NO5/c1-14-19-10-18(29-3)8-9-20(19)30-22(14)15(2)25-21(26)13-24(23(27)28)11-16-6-4-5-7-17(16)12-24/h4-10,15H,11-13H2,1-3H3,(H,25,26)(H,27,28). The van der Waals surface area contributed by atoms with Crippen molar-refractivity contribution in [1.82, 2.24) is 5.32 Å². The molecule has 0 aliphatic heterocycles. The average molecular weight is 407 g/mol. The highest BCUT2D eigenvalue weighted by atomic mass is 16.5. The fraction of sp³-hybridized carbons (Fsp3) is 0.333. The molecule has 2 N–H and O–H groups in total. The lowest BCUT2D eigenvalue weighted by atomic mass is 9.81. The summed E-state index contributed by atoms with van der Waals surface area (Å²) in [5, 5.41) is 13.8. The summed E-state index contributed by atoms with van der Waals surface area (Å²) < 4.78 is 11.2. The van der Waals surface area contributed by atoms with Crippen LogP contribution in [0.3, 0.4) is 0 Å². The van der Waals surface area contributed by atoms with Gasteiger partial charge in [-0.1, -0.05) is 24.3 Å². The normalized spacial score (nSPS) is 15.6. The minimum Gasteiger partial charge on any atom is -0.497 e. The molecule has 0 spiro atoms. The number of hydrogen-bond donors (Lipinski definition) is 2. The molecule has 3 aromatic rings. The molecule has 0 saturated heterocycles. The number of carboxylic acids is 1. The highest BCUT2D eigenvalue weighted by molar-refractivity contribution is 5.87. The molecule has 1 aliphatic carbocycles. The van der Waals surface area contributed by atoms with E-state index in [-0.39, 0.29) is 18.4 Å². The number of methoxy groups -OCH3 is 1. The predicted molar refractivity (Wildman–Crippen MR) is 113 cm³/mol. The number of rotatable bonds is 6. The molecule has 30 heavy (non-hydrogen) atoms. The smallest absolute Gasteiger partial charge is 0.310 e. The minimum atomic E-state index is -1.11. The summed E-state index contributed by atoms with van der Waals surface area (Å²) >= 11 is 0. The summed E-state index contributed by atoms with van der Waals surface area (Å²) in [6, 6.07) is 12.9. The van der Waals surface area contributed by atoms with Crippen molar-refractivity contribution in [3.8, 4) is 5.75 Å². The zero-order valence-electron chi connectivity index (χ0n) is 17.3. The maximum atomic E-state index is 12.8. The van der Waals surface area contributed by atoms with Gasteiger partial charge in [-0.3, -0.25) is 9.59 Å². The first-order valence-electron chi connectivity index (χ1n) is 9.99. The van der Waals surface area contributed by atoms with Crippen LogP contribution in [0.4, 0.5) is 0 Å². The minimum absolute atomic E-state index is 0.0749. The van der Waals surface area contributed by atoms with Crippen molar-refractivity contribution in [1.29, 1.82) is 0 Å². The van der Waals surface area contributed by atoms with E-state index in [9.17, 15) is 14.7 Å². The third-order valence-electron chi connectivity index (χ3n) is 6.08. The number of benzene rings is 2. The number of ether oxygens (including phenoxy) is 1. The second-order valence-electron chi connectivity index (χ2n) is 8.13. The topological polar surface area (TPSA) is 88.8 Å². The Hall–Kier alpha value is -3.28. The molecule has 2 aromatic carbocycles. The largest absolute Gasteiger partial charge is 0.497 e. The Morgan fingerprint density at radius 1 is 1.20 bits per heavy atom. The Morgan fingerprint density at radius 2 is 1.87 bits per heavy atom. The number of aryl methyl sites for hydroxylation is 1. The Balaban J connectivity index is 1.52. The van der Waals surface area contributed by atoms with Crippen LogP contribution >= 0.6 is 0 Å². The quantitative estimate of drug-likeness (QED) is 0.640. The number of carboxylic acid groups (broad SMARTS) is 1. The predicted octanol–water partition coefficient (Wildman–Crippen LogP) is 4.19. The number of carbonyl (C=O) groups excluding carboxylic acids is 1. The van der Waals surface area contributed by atoms with Gasteiger partial charge in [0.2, 0.25) is 5.91 Å². The molecule has 0 fully saturated rings. The van der Waals surface area contributed by atoms with E-state index in [1.165, 1.54) is 0 Å². The molecule has 4 rings (SSSR count). The van der Waals surface area contributed by atoms with E-state index in [0.717, 1.165) is 33.4 Å². The molecule has 156 valence electrons. The molecule has 1 amide bonds. The van der Waals surface area contributed by atoms with Gasteiger partial charge in [0.05, 0.1) is 18.6 Å². The van der Waals surface area contributed by atoms with Crippen molar-refractivity contribution < 1.29 is 23.8 Å². The summed E-state index contributed by atoms with van der Waals surface area (Å²) in [5.74, 6) is 0.160. The summed E-state index contributed by atoms with van der Waals surface area (Å²) in [7, 11) is 1.61. The summed E-state index contributed by atoms with van der Waals surface area (Å²) in [4.78, 5) is 24.9. The summed E-state index contributed by atoms with van der Waals surface area (Å²) in [6.07, 6.45) is 0.655. The van der Waals surface area contributed by atoms with Crippen LogP contribution in [-0.4, -0.2) is 24.1 Å². The van der Waals surface area contributed by atoms with Crippen LogP contribution in [0.5, 0.6) is 5.75 Å². The van der Waals surface area contributed by atoms with Gasteiger partial charge in [0, 0.05) is 17.4 Å². The van der Waals surface area contributed by atoms with E-state index in [1.807, 2.05) is 56.3 Å². The van der Waals surface area contributed by atoms with Crippen LogP contribution in [0.25, 0.3) is 11.0 Å². The van der Waals surface area contributed by atoms with Crippen LogP contribution in [0, 0.1) is 12.3 Å². The number of fused-ring (bicyclic) bond motifs is 2. The van der Waals surface area contributed by atoms with Crippen molar-refractivity contribution in [3.63, 3.8) is 0 Å². The second-order valence-corrected chi connectivity index (χ2v) is 8.13. The third kappa shape index (κ3) is 3.43. The van der Waals surface area contributed by atoms with Crippen molar-refractivity contribution in [2.45, 2.75) is 39.2 Å². The maximum absolute atomic E-state index is 12.8. The van der Waals surface area contributed by atoms with Crippen molar-refractivity contribution in [3.05, 3.63) is 64.9 Å². The van der Waals surface area contributed by atoms with Crippen LogP contribution in [0.15, 0.2) is 46.9 Å². The number of aliphatic carboxylic acids is 1. The molecular formula is C24H25NO5. The highest BCUT2D eigenvalue weighted by Gasteiger charge is 2.45. The summed E-state index contributed by atoms with van der Waals surface area (Å²) in [6.45, 7) is 3.78. The lowest BCUT2D eigenvalue weighted by Gasteiger charge is -2.24. The number of amides is 1. The first kappa shape index (κ1) is 20.0. The Morgan fingerprint density at radius 3 is 2.47 bits per heavy atom. The molecule has 1 atom stereocenters. The highest BCUT2D eigenvalue weighted by Crippen LogP contribution is 2.40. The van der Waals surface area contributed by atoms with E-state index in [4.69, 9.17) is 9.15 Å². The molecular weight excluding hydrogens is 382 g/mol. The van der Waals surface area contributed by atoms with E-state index in [1.54, 1.807) is 7.11 Å². The lowest BCUT2D eigenvalue weighted by Crippen LogP contribution is -2.39. The third-order valence-corrected chi connectivity index (χ3v) is 6.08. The molecule has 0 saturated carbocycles. The number of carbonyl (C=O) groups is 2. The van der Waals surface area contributed by atoms with Gasteiger partial charge in [-0.25, -0.2) is 0 Å². The molecule has 1 unspecified atom stereocenters. The number of hydrogen-bond acceptors (Lipinski definition) is 4. The maximum Gasteiger partial charge on any atom is 0.310 e. The second kappa shape index (κ2) is 7.52. The zero-order valence-corrected chi connectivity index (χ0v) is 17.3. The Labute approximate surface area is 174 Å². The molecule has 6 nitrogen and oxygen atoms in total. The van der Waals surface area contributed by atoms with Gasteiger partial charge >= 0.3 is 5.97 Å². The van der Waals surface area contributed by atoms with Gasteiger partial charge in [-0.15, -0.1) is 0 Å². The zero-order chi connectivity index (χ0) is 21.5. The lowest BCUT2D eigenvalue weighted by molar-refractivity contribution is -0.151. The van der Waals surface area contributed by atoms with E-state index in [2.05, 4.69) is 5.32 Å². The SMILES string of the molecule is COc1ccc2oc(C(C)NC(=O)CC3(C(=O)O)Cc4ccccc4C3)c(C)c2c1. The van der Waals surface area contributed by atoms with E-state index < -0.39 is 11.4 Å². The number of nitrogens with one attached hydrogen (secondary N) is 1. The Bertz CT molecular complexity index is 1100. The van der Waals surface area contributed by atoms with Gasteiger partial charge in [-0.2, -0.15) is 0 Å². The van der Waals surface area contributed by atoms with Crippen LogP contribution < -0.4 is 10.1 Å². The fourth-order valence-corrected chi connectivity index (χ4v) is 4.47. The van der Waals surface area contributed by atoms with E-state index in [0.29, 0.717) is 18.6 Å². The van der Waals surface area contributed by atoms with Crippen molar-refractivity contribution in [2.24, 2.45) is 5.41 Å². The monoisotopic (exact) mass is 407 g/mol. The Kier molecular flexibility index (Phi) is 5.02. The first-order chi connectivity index (χ1) is 14.3. The molecule has 0 bridgehead atoms. The average Bonchev–Trinajstić information content (AvgIpc) is 3.26. The molecule has 1 aliphatic rings. The van der Waals surface area contributed by atoms with Gasteiger partial charge in [0.15, 0.2) is 0 Å². The van der Waals surface area contributed by atoms with Crippen molar-refractivity contribution in [2.75, 3.05) is 7.11 Å². The molecule has 0 radical (unpaired) electrons. The first-order valence-corrected chi connectivity index (χ1v) is 9.99. The number of furan rings is 1. The van der Waals surface area contributed by atoms with Gasteiger partial charge in [0.1, 0.15) is 17.1 Å². The molecule has 1 aromatic heterocycles. The van der Waals surface area contributed by atoms with E-state index >= 15 is 0 Å². The molecule has 6 heteroatoms. The molecule has 1 heterocycles. The van der Waals surface area contributed by atoms with Gasteiger partial charge in [0.25, 0.3) is 0 Å². The summed E-state index contributed by atoms with van der Waals surface area (Å²) in [5.41, 5.74) is 2.55. The van der Waals surface area contributed by atoms with Crippen LogP contribution in [-0.2, 0) is 22.4 Å². The fourth-order valence-electron chi connectivity index (χ4n) is 4.47. The van der Waals surface area contributed by atoms with Crippen LogP contribution in [0.2, 0.25) is 0 Å².